The van der Waals surface area contributed by atoms with Gasteiger partial charge in [-0.05, 0) is 42.0 Å². The van der Waals surface area contributed by atoms with Crippen LogP contribution < -0.4 is 9.30 Å². The highest BCUT2D eigenvalue weighted by molar-refractivity contribution is 5.82. The van der Waals surface area contributed by atoms with E-state index >= 15 is 0 Å². The summed E-state index contributed by atoms with van der Waals surface area (Å²) in [6.07, 6.45) is 4.08. The standard InChI is InChI=1S/C19H17NO2/c1-20-16(10-6-14-7-12-17(22-2)13-8-14)11-9-15-4-3-5-18(21)19(15)20/h3-13H,1-2H3/p+1/b10-6+. The van der Waals surface area contributed by atoms with Crippen LogP contribution in [0.2, 0.25) is 0 Å². The molecule has 22 heavy (non-hydrogen) atoms. The van der Waals surface area contributed by atoms with Gasteiger partial charge in [-0.3, -0.25) is 0 Å². The molecule has 0 radical (unpaired) electrons. The number of fused-ring (bicyclic) bond motifs is 1. The summed E-state index contributed by atoms with van der Waals surface area (Å²) in [5, 5.41) is 11.1. The number of methoxy groups -OCH3 is 1. The molecule has 0 spiro atoms. The normalized spacial score (nSPS) is 11.2. The number of hydrogen-bond acceptors (Lipinski definition) is 2. The summed E-state index contributed by atoms with van der Waals surface area (Å²) in [6.45, 7) is 0. The molecule has 0 saturated heterocycles. The van der Waals surface area contributed by atoms with Crippen molar-refractivity contribution in [2.75, 3.05) is 7.11 Å². The van der Waals surface area contributed by atoms with Crippen LogP contribution in [0.1, 0.15) is 11.3 Å². The van der Waals surface area contributed by atoms with Gasteiger partial charge < -0.3 is 9.84 Å². The van der Waals surface area contributed by atoms with E-state index in [1.54, 1.807) is 13.2 Å². The summed E-state index contributed by atoms with van der Waals surface area (Å²) in [7, 11) is 3.61. The largest absolute Gasteiger partial charge is 0.502 e. The second kappa shape index (κ2) is 5.90. The van der Waals surface area contributed by atoms with Crippen LogP contribution in [-0.2, 0) is 7.05 Å². The average molecular weight is 292 g/mol. The van der Waals surface area contributed by atoms with Gasteiger partial charge in [0.1, 0.15) is 12.8 Å². The summed E-state index contributed by atoms with van der Waals surface area (Å²) in [5.74, 6) is 1.14. The van der Waals surface area contributed by atoms with Crippen molar-refractivity contribution in [3.05, 3.63) is 65.9 Å². The highest BCUT2D eigenvalue weighted by Gasteiger charge is 2.13. The van der Waals surface area contributed by atoms with Crippen LogP contribution >= 0.6 is 0 Å². The van der Waals surface area contributed by atoms with E-state index in [9.17, 15) is 5.11 Å². The quantitative estimate of drug-likeness (QED) is 0.749. The summed E-state index contributed by atoms with van der Waals surface area (Å²) in [5.41, 5.74) is 2.95. The van der Waals surface area contributed by atoms with Crippen LogP contribution in [0, 0.1) is 0 Å². The molecule has 1 heterocycles. The molecule has 3 nitrogen and oxygen atoms in total. The summed E-state index contributed by atoms with van der Waals surface area (Å²) in [6, 6.07) is 17.5. The summed E-state index contributed by atoms with van der Waals surface area (Å²) >= 11 is 0. The lowest BCUT2D eigenvalue weighted by molar-refractivity contribution is -0.646. The van der Waals surface area contributed by atoms with Crippen LogP contribution in [0.3, 0.4) is 0 Å². The van der Waals surface area contributed by atoms with Crippen LogP contribution in [0.4, 0.5) is 0 Å². The average Bonchev–Trinajstić information content (AvgIpc) is 2.55. The van der Waals surface area contributed by atoms with Crippen molar-refractivity contribution < 1.29 is 14.4 Å². The number of phenols is 1. The second-order valence-electron chi connectivity index (χ2n) is 5.14. The lowest BCUT2D eigenvalue weighted by Gasteiger charge is -2.02. The van der Waals surface area contributed by atoms with Crippen molar-refractivity contribution in [3.63, 3.8) is 0 Å². The Hall–Kier alpha value is -2.81. The van der Waals surface area contributed by atoms with Crippen LogP contribution in [0.5, 0.6) is 11.5 Å². The molecule has 1 N–H and O–H groups in total. The fourth-order valence-corrected chi connectivity index (χ4v) is 2.53. The van der Waals surface area contributed by atoms with Crippen molar-refractivity contribution in [1.82, 2.24) is 0 Å². The Balaban J connectivity index is 1.98. The van der Waals surface area contributed by atoms with Crippen molar-refractivity contribution >= 4 is 23.1 Å². The third-order valence-electron chi connectivity index (χ3n) is 3.76. The Bertz CT molecular complexity index is 836. The third kappa shape index (κ3) is 2.66. The number of benzene rings is 2. The fourth-order valence-electron chi connectivity index (χ4n) is 2.53. The van der Waals surface area contributed by atoms with E-state index < -0.39 is 0 Å². The van der Waals surface area contributed by atoms with Crippen LogP contribution in [-0.4, -0.2) is 12.2 Å². The van der Waals surface area contributed by atoms with E-state index in [4.69, 9.17) is 4.74 Å². The van der Waals surface area contributed by atoms with Crippen LogP contribution in [0.25, 0.3) is 23.1 Å². The molecule has 0 saturated carbocycles. The number of aromatic hydroxyl groups is 1. The first-order valence-corrected chi connectivity index (χ1v) is 7.12. The van der Waals surface area contributed by atoms with E-state index in [0.717, 1.165) is 27.9 Å². The van der Waals surface area contributed by atoms with E-state index in [1.165, 1.54) is 0 Å². The topological polar surface area (TPSA) is 33.3 Å². The predicted octanol–water partition coefficient (Wildman–Crippen LogP) is 3.55. The molecule has 0 unspecified atom stereocenters. The number of nitrogens with zero attached hydrogens (tertiary/aromatic N) is 1. The highest BCUT2D eigenvalue weighted by Crippen LogP contribution is 2.21. The Morgan fingerprint density at radius 1 is 0.955 bits per heavy atom. The van der Waals surface area contributed by atoms with Gasteiger partial charge in [0.2, 0.25) is 5.69 Å². The monoisotopic (exact) mass is 292 g/mol. The SMILES string of the molecule is COc1ccc(/C=C/c2ccc3cccc(O)c3[n+]2C)cc1. The lowest BCUT2D eigenvalue weighted by atomic mass is 10.1. The first-order chi connectivity index (χ1) is 10.7. The molecule has 2 aromatic carbocycles. The zero-order valence-electron chi connectivity index (χ0n) is 12.7. The molecular formula is C19H18NO2+. The molecule has 0 aliphatic heterocycles. The number of para-hydroxylation sites is 1. The smallest absolute Gasteiger partial charge is 0.254 e. The molecule has 0 aliphatic rings. The maximum atomic E-state index is 10.1. The van der Waals surface area contributed by atoms with Gasteiger partial charge in [0.25, 0.3) is 5.52 Å². The Morgan fingerprint density at radius 3 is 2.45 bits per heavy atom. The molecule has 1 aromatic heterocycles. The number of aryl methyl sites for hydroxylation is 1. The molecule has 0 aliphatic carbocycles. The van der Waals surface area contributed by atoms with Gasteiger partial charge in [0.05, 0.1) is 12.5 Å². The number of rotatable bonds is 3. The van der Waals surface area contributed by atoms with Crippen molar-refractivity contribution in [1.29, 1.82) is 0 Å². The number of phenolic OH excluding ortho intramolecular Hbond substituents is 1. The number of ether oxygens (including phenoxy) is 1. The van der Waals surface area contributed by atoms with Gasteiger partial charge >= 0.3 is 0 Å². The zero-order valence-corrected chi connectivity index (χ0v) is 12.7. The van der Waals surface area contributed by atoms with Crippen LogP contribution in [0.15, 0.2) is 54.6 Å². The third-order valence-corrected chi connectivity index (χ3v) is 3.76. The van der Waals surface area contributed by atoms with Gasteiger partial charge in [-0.1, -0.05) is 18.2 Å². The number of hydrogen-bond donors (Lipinski definition) is 1. The van der Waals surface area contributed by atoms with E-state index in [2.05, 4.69) is 0 Å². The van der Waals surface area contributed by atoms with Gasteiger partial charge in [0.15, 0.2) is 5.75 Å². The maximum Gasteiger partial charge on any atom is 0.254 e. The van der Waals surface area contributed by atoms with Crippen molar-refractivity contribution in [2.45, 2.75) is 0 Å². The number of pyridine rings is 1. The van der Waals surface area contributed by atoms with Gasteiger partial charge in [0, 0.05) is 12.1 Å². The molecule has 3 rings (SSSR count). The Morgan fingerprint density at radius 2 is 1.73 bits per heavy atom. The lowest BCUT2D eigenvalue weighted by Crippen LogP contribution is -2.32. The van der Waals surface area contributed by atoms with E-state index in [-0.39, 0.29) is 0 Å². The molecule has 0 amide bonds. The molecular weight excluding hydrogens is 274 g/mol. The summed E-state index contributed by atoms with van der Waals surface area (Å²) in [4.78, 5) is 0. The maximum absolute atomic E-state index is 10.1. The Labute approximate surface area is 129 Å². The molecule has 3 heteroatoms. The molecule has 0 bridgehead atoms. The minimum Gasteiger partial charge on any atom is -0.502 e. The highest BCUT2D eigenvalue weighted by atomic mass is 16.5. The fraction of sp³-hybridized carbons (Fsp3) is 0.105. The number of aromatic nitrogens is 1. The predicted molar refractivity (Wildman–Crippen MR) is 88.7 cm³/mol. The molecule has 110 valence electrons. The van der Waals surface area contributed by atoms with Crippen molar-refractivity contribution in [3.8, 4) is 11.5 Å². The van der Waals surface area contributed by atoms with E-state index in [0.29, 0.717) is 5.75 Å². The van der Waals surface area contributed by atoms with Gasteiger partial charge in [-0.15, -0.1) is 0 Å². The second-order valence-corrected chi connectivity index (χ2v) is 5.14. The first kappa shape index (κ1) is 14.1. The molecule has 3 aromatic rings. The minimum absolute atomic E-state index is 0.291. The minimum atomic E-state index is 0.291. The first-order valence-electron chi connectivity index (χ1n) is 7.12. The van der Waals surface area contributed by atoms with E-state index in [1.807, 2.05) is 72.3 Å². The zero-order chi connectivity index (χ0) is 15.5. The van der Waals surface area contributed by atoms with Gasteiger partial charge in [-0.2, -0.15) is 4.57 Å². The Kier molecular flexibility index (Phi) is 3.79. The molecule has 0 fully saturated rings. The van der Waals surface area contributed by atoms with Crippen molar-refractivity contribution in [2.24, 2.45) is 7.05 Å². The summed E-state index contributed by atoms with van der Waals surface area (Å²) < 4.78 is 7.15. The van der Waals surface area contributed by atoms with Gasteiger partial charge in [-0.25, -0.2) is 0 Å². The molecule has 0 atom stereocenters.